The minimum absolute atomic E-state index is 0.0167. The van der Waals surface area contributed by atoms with Gasteiger partial charge in [0, 0.05) is 19.1 Å². The highest BCUT2D eigenvalue weighted by Crippen LogP contribution is 2.29. The Morgan fingerprint density at radius 2 is 2.10 bits per heavy atom. The standard InChI is InChI=1S/C18H26N2/c1-5-16(6-2)20-14-18(4,19-13-17(20)7-3)15-11-9-8-10-12-15/h1,8-12,16-17,19H,6-7,13-14H2,2-4H3. The van der Waals surface area contributed by atoms with Crippen LogP contribution in [-0.2, 0) is 5.54 Å². The van der Waals surface area contributed by atoms with Crippen molar-refractivity contribution in [3.8, 4) is 12.3 Å². The van der Waals surface area contributed by atoms with E-state index in [4.69, 9.17) is 6.42 Å². The molecule has 1 aromatic carbocycles. The Balaban J connectivity index is 2.25. The van der Waals surface area contributed by atoms with Crippen molar-refractivity contribution in [3.63, 3.8) is 0 Å². The number of hydrogen-bond donors (Lipinski definition) is 1. The van der Waals surface area contributed by atoms with Gasteiger partial charge in [-0.2, -0.15) is 0 Å². The summed E-state index contributed by atoms with van der Waals surface area (Å²) in [6, 6.07) is 11.5. The first-order valence-corrected chi connectivity index (χ1v) is 7.67. The molecular formula is C18H26N2. The number of benzene rings is 1. The van der Waals surface area contributed by atoms with Gasteiger partial charge in [0.15, 0.2) is 0 Å². The molecule has 1 N–H and O–H groups in total. The quantitative estimate of drug-likeness (QED) is 0.846. The third-order valence-electron chi connectivity index (χ3n) is 4.56. The predicted octanol–water partition coefficient (Wildman–Crippen LogP) is 3.00. The molecule has 2 nitrogen and oxygen atoms in total. The number of terminal acetylenes is 1. The number of rotatable bonds is 4. The highest BCUT2D eigenvalue weighted by molar-refractivity contribution is 5.25. The van der Waals surface area contributed by atoms with Crippen LogP contribution in [0.15, 0.2) is 30.3 Å². The van der Waals surface area contributed by atoms with Crippen LogP contribution < -0.4 is 5.32 Å². The molecule has 1 aromatic rings. The average Bonchev–Trinajstić information content (AvgIpc) is 2.50. The van der Waals surface area contributed by atoms with Crippen molar-refractivity contribution in [1.29, 1.82) is 0 Å². The number of nitrogens with one attached hydrogen (secondary N) is 1. The lowest BCUT2D eigenvalue weighted by molar-refractivity contribution is 0.0618. The molecule has 0 radical (unpaired) electrons. The van der Waals surface area contributed by atoms with E-state index >= 15 is 0 Å². The van der Waals surface area contributed by atoms with Gasteiger partial charge in [-0.15, -0.1) is 6.42 Å². The highest BCUT2D eigenvalue weighted by Gasteiger charge is 2.38. The topological polar surface area (TPSA) is 15.3 Å². The maximum atomic E-state index is 5.75. The van der Waals surface area contributed by atoms with Gasteiger partial charge in [0.2, 0.25) is 0 Å². The second-order valence-electron chi connectivity index (χ2n) is 5.90. The van der Waals surface area contributed by atoms with E-state index in [9.17, 15) is 0 Å². The van der Waals surface area contributed by atoms with Crippen molar-refractivity contribution in [3.05, 3.63) is 35.9 Å². The third-order valence-corrected chi connectivity index (χ3v) is 4.56. The zero-order valence-electron chi connectivity index (χ0n) is 12.9. The monoisotopic (exact) mass is 270 g/mol. The summed E-state index contributed by atoms with van der Waals surface area (Å²) in [5, 5.41) is 3.74. The lowest BCUT2D eigenvalue weighted by Gasteiger charge is -2.48. The van der Waals surface area contributed by atoms with Gasteiger partial charge < -0.3 is 5.32 Å². The summed E-state index contributed by atoms with van der Waals surface area (Å²) in [6.07, 6.45) is 7.89. The Hall–Kier alpha value is -1.30. The molecule has 1 aliphatic rings. The van der Waals surface area contributed by atoms with Crippen LogP contribution in [0.3, 0.4) is 0 Å². The molecule has 0 amide bonds. The first-order chi connectivity index (χ1) is 9.64. The first kappa shape index (κ1) is 15.1. The van der Waals surface area contributed by atoms with Crippen molar-refractivity contribution in [2.45, 2.75) is 51.2 Å². The average molecular weight is 270 g/mol. The summed E-state index contributed by atoms with van der Waals surface area (Å²) < 4.78 is 0. The fraction of sp³-hybridized carbons (Fsp3) is 0.556. The van der Waals surface area contributed by atoms with Gasteiger partial charge in [-0.25, -0.2) is 0 Å². The second kappa shape index (κ2) is 6.43. The Morgan fingerprint density at radius 3 is 2.65 bits per heavy atom. The van der Waals surface area contributed by atoms with E-state index in [1.54, 1.807) is 0 Å². The van der Waals surface area contributed by atoms with Crippen LogP contribution in [0.1, 0.15) is 39.2 Å². The van der Waals surface area contributed by atoms with Crippen molar-refractivity contribution < 1.29 is 0 Å². The highest BCUT2D eigenvalue weighted by atomic mass is 15.3. The molecule has 1 heterocycles. The third kappa shape index (κ3) is 2.90. The minimum atomic E-state index is -0.0167. The van der Waals surface area contributed by atoms with Gasteiger partial charge in [-0.05, 0) is 25.3 Å². The van der Waals surface area contributed by atoms with E-state index in [1.165, 1.54) is 5.56 Å². The van der Waals surface area contributed by atoms with Crippen LogP contribution >= 0.6 is 0 Å². The molecule has 2 heteroatoms. The molecule has 108 valence electrons. The Bertz CT molecular complexity index is 462. The zero-order chi connectivity index (χ0) is 14.6. The van der Waals surface area contributed by atoms with Crippen LogP contribution in [0.4, 0.5) is 0 Å². The Labute approximate surface area is 123 Å². The molecular weight excluding hydrogens is 244 g/mol. The summed E-state index contributed by atoms with van der Waals surface area (Å²) in [5.41, 5.74) is 1.32. The molecule has 1 fully saturated rings. The maximum absolute atomic E-state index is 5.75. The van der Waals surface area contributed by atoms with E-state index < -0.39 is 0 Å². The molecule has 0 saturated carbocycles. The van der Waals surface area contributed by atoms with Crippen LogP contribution in [-0.4, -0.2) is 30.1 Å². The van der Waals surface area contributed by atoms with Crippen molar-refractivity contribution in [2.75, 3.05) is 13.1 Å². The first-order valence-electron chi connectivity index (χ1n) is 7.67. The van der Waals surface area contributed by atoms with Crippen molar-refractivity contribution in [1.82, 2.24) is 10.2 Å². The fourth-order valence-corrected chi connectivity index (χ4v) is 3.20. The van der Waals surface area contributed by atoms with Gasteiger partial charge in [-0.3, -0.25) is 4.90 Å². The Kier molecular flexibility index (Phi) is 4.86. The fourth-order valence-electron chi connectivity index (χ4n) is 3.20. The van der Waals surface area contributed by atoms with E-state index in [2.05, 4.69) is 67.2 Å². The van der Waals surface area contributed by atoms with Gasteiger partial charge >= 0.3 is 0 Å². The normalized spacial score (nSPS) is 28.8. The molecule has 0 bridgehead atoms. The Morgan fingerprint density at radius 1 is 1.40 bits per heavy atom. The summed E-state index contributed by atoms with van der Waals surface area (Å²) in [4.78, 5) is 2.52. The minimum Gasteiger partial charge on any atom is -0.305 e. The molecule has 0 aliphatic carbocycles. The predicted molar refractivity (Wildman–Crippen MR) is 85.5 cm³/mol. The van der Waals surface area contributed by atoms with Gasteiger partial charge in [0.25, 0.3) is 0 Å². The van der Waals surface area contributed by atoms with E-state index in [1.807, 2.05) is 0 Å². The maximum Gasteiger partial charge on any atom is 0.0712 e. The van der Waals surface area contributed by atoms with Crippen molar-refractivity contribution in [2.24, 2.45) is 0 Å². The number of nitrogens with zero attached hydrogens (tertiary/aromatic N) is 1. The number of piperazine rings is 1. The van der Waals surface area contributed by atoms with E-state index in [-0.39, 0.29) is 11.6 Å². The number of hydrogen-bond acceptors (Lipinski definition) is 2. The summed E-state index contributed by atoms with van der Waals surface area (Å²) >= 11 is 0. The lowest BCUT2D eigenvalue weighted by atomic mass is 9.86. The van der Waals surface area contributed by atoms with E-state index in [0.717, 1.165) is 25.9 Å². The van der Waals surface area contributed by atoms with Crippen LogP contribution in [0, 0.1) is 12.3 Å². The van der Waals surface area contributed by atoms with Gasteiger partial charge in [0.1, 0.15) is 0 Å². The van der Waals surface area contributed by atoms with Crippen LogP contribution in [0.25, 0.3) is 0 Å². The zero-order valence-corrected chi connectivity index (χ0v) is 12.9. The molecule has 3 unspecified atom stereocenters. The summed E-state index contributed by atoms with van der Waals surface area (Å²) in [5.74, 6) is 2.97. The molecule has 1 saturated heterocycles. The lowest BCUT2D eigenvalue weighted by Crippen LogP contribution is -2.63. The molecule has 0 aromatic heterocycles. The van der Waals surface area contributed by atoms with Crippen molar-refractivity contribution >= 4 is 0 Å². The SMILES string of the molecule is C#CC(CC)N1CC(C)(c2ccccc2)NCC1CC. The van der Waals surface area contributed by atoms with Gasteiger partial charge in [0.05, 0.1) is 11.6 Å². The molecule has 2 rings (SSSR count). The van der Waals surface area contributed by atoms with Crippen LogP contribution in [0.5, 0.6) is 0 Å². The van der Waals surface area contributed by atoms with Crippen LogP contribution in [0.2, 0.25) is 0 Å². The molecule has 3 atom stereocenters. The summed E-state index contributed by atoms with van der Waals surface area (Å²) in [7, 11) is 0. The summed E-state index contributed by atoms with van der Waals surface area (Å²) in [6.45, 7) is 8.68. The van der Waals surface area contributed by atoms with Gasteiger partial charge in [-0.1, -0.05) is 50.1 Å². The smallest absolute Gasteiger partial charge is 0.0712 e. The largest absolute Gasteiger partial charge is 0.305 e. The van der Waals surface area contributed by atoms with E-state index in [0.29, 0.717) is 6.04 Å². The molecule has 0 spiro atoms. The molecule has 20 heavy (non-hydrogen) atoms. The molecule has 1 aliphatic heterocycles. The second-order valence-corrected chi connectivity index (χ2v) is 5.90.